The Bertz CT molecular complexity index is 101. The van der Waals surface area contributed by atoms with E-state index in [-0.39, 0.29) is 6.61 Å². The van der Waals surface area contributed by atoms with Gasteiger partial charge in [0.25, 0.3) is 0 Å². The first-order valence-electron chi connectivity index (χ1n) is 2.64. The predicted octanol–water partition coefficient (Wildman–Crippen LogP) is 1.34. The van der Waals surface area contributed by atoms with E-state index in [0.717, 1.165) is 6.42 Å². The zero-order chi connectivity index (χ0) is 7.11. The summed E-state index contributed by atoms with van der Waals surface area (Å²) in [6.45, 7) is 3.99. The van der Waals surface area contributed by atoms with Crippen molar-refractivity contribution < 1.29 is 9.53 Å². The molecule has 0 aliphatic heterocycles. The first-order chi connectivity index (χ1) is 4.27. The van der Waals surface area contributed by atoms with Crippen LogP contribution in [0.15, 0.2) is 12.7 Å². The van der Waals surface area contributed by atoms with Crippen LogP contribution in [0.5, 0.6) is 0 Å². The average molecular weight is 149 g/mol. The maximum atomic E-state index is 10.0. The van der Waals surface area contributed by atoms with Gasteiger partial charge in [-0.2, -0.15) is 0 Å². The number of carbonyl (C=O) groups is 1. The van der Waals surface area contributed by atoms with Crippen molar-refractivity contribution in [2.45, 2.75) is 6.42 Å². The second-order valence-electron chi connectivity index (χ2n) is 1.49. The fourth-order valence-corrected chi connectivity index (χ4v) is 0.396. The summed E-state index contributed by atoms with van der Waals surface area (Å²) in [5.74, 6) is 0. The molecule has 0 N–H and O–H groups in total. The predicted molar refractivity (Wildman–Crippen MR) is 36.5 cm³/mol. The second kappa shape index (κ2) is 5.79. The first kappa shape index (κ1) is 8.66. The second-order valence-corrected chi connectivity index (χ2v) is 1.91. The number of hydrogen-bond donors (Lipinski definition) is 0. The Morgan fingerprint density at radius 3 is 2.89 bits per heavy atom. The molecular weight excluding hydrogens is 140 g/mol. The van der Waals surface area contributed by atoms with Gasteiger partial charge in [0.1, 0.15) is 6.61 Å². The molecule has 0 aromatic carbocycles. The monoisotopic (exact) mass is 148 g/mol. The summed E-state index contributed by atoms with van der Waals surface area (Å²) in [7, 11) is 0. The summed E-state index contributed by atoms with van der Waals surface area (Å²) < 4.78 is 4.78. The Labute approximate surface area is 59.5 Å². The number of carbonyl (C=O) groups excluding carboxylic acids is 1. The van der Waals surface area contributed by atoms with E-state index < -0.39 is 5.24 Å². The van der Waals surface area contributed by atoms with Gasteiger partial charge in [-0.1, -0.05) is 6.08 Å². The Morgan fingerprint density at radius 1 is 1.78 bits per heavy atom. The largest absolute Gasteiger partial charge is 0.372 e. The van der Waals surface area contributed by atoms with Gasteiger partial charge >= 0.3 is 0 Å². The first-order valence-corrected chi connectivity index (χ1v) is 3.02. The van der Waals surface area contributed by atoms with Crippen LogP contribution in [0, 0.1) is 0 Å². The van der Waals surface area contributed by atoms with E-state index in [4.69, 9.17) is 16.3 Å². The van der Waals surface area contributed by atoms with Gasteiger partial charge in [0.05, 0.1) is 6.61 Å². The van der Waals surface area contributed by atoms with E-state index >= 15 is 0 Å². The molecule has 0 radical (unpaired) electrons. The molecule has 3 heteroatoms. The maximum Gasteiger partial charge on any atom is 0.247 e. The molecule has 0 aromatic heterocycles. The molecule has 0 spiro atoms. The molecule has 2 nitrogen and oxygen atoms in total. The molecular formula is C6H9ClO2. The highest BCUT2D eigenvalue weighted by atomic mass is 35.5. The average Bonchev–Trinajstić information content (AvgIpc) is 1.80. The molecule has 0 unspecified atom stereocenters. The molecule has 9 heavy (non-hydrogen) atoms. The maximum absolute atomic E-state index is 10.0. The van der Waals surface area contributed by atoms with Crippen LogP contribution in [-0.4, -0.2) is 18.5 Å². The van der Waals surface area contributed by atoms with Crippen molar-refractivity contribution >= 4 is 16.8 Å². The van der Waals surface area contributed by atoms with Gasteiger partial charge in [0.15, 0.2) is 0 Å². The molecule has 0 aromatic rings. The van der Waals surface area contributed by atoms with Crippen molar-refractivity contribution in [3.8, 4) is 0 Å². The van der Waals surface area contributed by atoms with Crippen LogP contribution in [0.4, 0.5) is 0 Å². The van der Waals surface area contributed by atoms with Crippen LogP contribution in [0.2, 0.25) is 0 Å². The quantitative estimate of drug-likeness (QED) is 0.334. The van der Waals surface area contributed by atoms with Gasteiger partial charge in [-0.25, -0.2) is 0 Å². The van der Waals surface area contributed by atoms with Gasteiger partial charge in [-0.15, -0.1) is 6.58 Å². The van der Waals surface area contributed by atoms with Crippen LogP contribution in [0.25, 0.3) is 0 Å². The van der Waals surface area contributed by atoms with Crippen LogP contribution < -0.4 is 0 Å². The number of hydrogen-bond acceptors (Lipinski definition) is 2. The summed E-state index contributed by atoms with van der Waals surface area (Å²) in [4.78, 5) is 10.0. The fraction of sp³-hybridized carbons (Fsp3) is 0.500. The minimum Gasteiger partial charge on any atom is -0.372 e. The molecule has 0 saturated carbocycles. The van der Waals surface area contributed by atoms with E-state index in [1.54, 1.807) is 6.08 Å². The normalized spacial score (nSPS) is 9.00. The Hall–Kier alpha value is -0.340. The zero-order valence-electron chi connectivity index (χ0n) is 5.10. The van der Waals surface area contributed by atoms with E-state index in [0.29, 0.717) is 6.61 Å². The molecule has 0 amide bonds. The van der Waals surface area contributed by atoms with E-state index in [1.807, 2.05) is 0 Å². The number of ether oxygens (including phenoxy) is 1. The minimum absolute atomic E-state index is 0.00457. The molecule has 0 aliphatic rings. The van der Waals surface area contributed by atoms with Gasteiger partial charge < -0.3 is 4.74 Å². The summed E-state index contributed by atoms with van der Waals surface area (Å²) in [5, 5.41) is -0.459. The molecule has 0 atom stereocenters. The van der Waals surface area contributed by atoms with E-state index in [9.17, 15) is 4.79 Å². The highest BCUT2D eigenvalue weighted by Gasteiger charge is 1.92. The Kier molecular flexibility index (Phi) is 5.57. The van der Waals surface area contributed by atoms with Crippen molar-refractivity contribution in [2.75, 3.05) is 13.2 Å². The summed E-state index contributed by atoms with van der Waals surface area (Å²) >= 11 is 4.97. The van der Waals surface area contributed by atoms with Crippen LogP contribution in [0.1, 0.15) is 6.42 Å². The zero-order valence-corrected chi connectivity index (χ0v) is 5.86. The third-order valence-electron chi connectivity index (χ3n) is 0.682. The van der Waals surface area contributed by atoms with E-state index in [2.05, 4.69) is 6.58 Å². The van der Waals surface area contributed by atoms with E-state index in [1.165, 1.54) is 0 Å². The van der Waals surface area contributed by atoms with Gasteiger partial charge in [0.2, 0.25) is 5.24 Å². The van der Waals surface area contributed by atoms with Crippen molar-refractivity contribution in [3.63, 3.8) is 0 Å². The fourth-order valence-electron chi connectivity index (χ4n) is 0.319. The lowest BCUT2D eigenvalue weighted by atomic mass is 10.5. The van der Waals surface area contributed by atoms with Crippen molar-refractivity contribution in [1.82, 2.24) is 0 Å². The standard InChI is InChI=1S/C6H9ClO2/c1-2-3-4-9-5-6(7)8/h2H,1,3-5H2. The van der Waals surface area contributed by atoms with Crippen LogP contribution >= 0.6 is 11.6 Å². The lowest BCUT2D eigenvalue weighted by Gasteiger charge is -1.94. The highest BCUT2D eigenvalue weighted by Crippen LogP contribution is 1.85. The minimum atomic E-state index is -0.459. The summed E-state index contributed by atoms with van der Waals surface area (Å²) in [5.41, 5.74) is 0. The van der Waals surface area contributed by atoms with Crippen molar-refractivity contribution in [2.24, 2.45) is 0 Å². The molecule has 0 saturated heterocycles. The van der Waals surface area contributed by atoms with Gasteiger partial charge in [-0.05, 0) is 18.0 Å². The van der Waals surface area contributed by atoms with Crippen LogP contribution in [0.3, 0.4) is 0 Å². The molecule has 0 heterocycles. The third-order valence-corrected chi connectivity index (χ3v) is 0.791. The molecule has 0 rings (SSSR count). The lowest BCUT2D eigenvalue weighted by Crippen LogP contribution is -2.01. The Morgan fingerprint density at radius 2 is 2.44 bits per heavy atom. The highest BCUT2D eigenvalue weighted by molar-refractivity contribution is 6.63. The smallest absolute Gasteiger partial charge is 0.247 e. The topological polar surface area (TPSA) is 26.3 Å². The Balaban J connectivity index is 2.91. The summed E-state index contributed by atoms with van der Waals surface area (Å²) in [6, 6.07) is 0. The van der Waals surface area contributed by atoms with Crippen LogP contribution in [-0.2, 0) is 9.53 Å². The van der Waals surface area contributed by atoms with Gasteiger partial charge in [-0.3, -0.25) is 4.79 Å². The molecule has 52 valence electrons. The SMILES string of the molecule is C=CCCOCC(=O)Cl. The molecule has 0 bridgehead atoms. The molecule has 0 aliphatic carbocycles. The summed E-state index contributed by atoms with van der Waals surface area (Å²) in [6.07, 6.45) is 2.48. The lowest BCUT2D eigenvalue weighted by molar-refractivity contribution is -0.115. The molecule has 0 fully saturated rings. The van der Waals surface area contributed by atoms with Gasteiger partial charge in [0, 0.05) is 0 Å². The van der Waals surface area contributed by atoms with Crippen molar-refractivity contribution in [3.05, 3.63) is 12.7 Å². The number of halogens is 1. The van der Waals surface area contributed by atoms with Crippen molar-refractivity contribution in [1.29, 1.82) is 0 Å². The number of rotatable bonds is 5. The third kappa shape index (κ3) is 7.66.